The van der Waals surface area contributed by atoms with Crippen LogP contribution in [0.4, 0.5) is 0 Å². The number of nitriles is 1. The highest BCUT2D eigenvalue weighted by Crippen LogP contribution is 2.07. The third-order valence-electron chi connectivity index (χ3n) is 2.09. The molecule has 0 aliphatic carbocycles. The molecule has 76 valence electrons. The maximum atomic E-state index is 11.5. The molecule has 0 spiro atoms. The second kappa shape index (κ2) is 5.06. The predicted octanol–water partition coefficient (Wildman–Crippen LogP) is 2.11. The fraction of sp³-hybridized carbons (Fsp3) is 0.250. The number of hydrogen-bond donors (Lipinski definition) is 0. The van der Waals surface area contributed by atoms with Gasteiger partial charge < -0.3 is 0 Å². The highest BCUT2D eigenvalue weighted by molar-refractivity contribution is 6.07. The summed E-state index contributed by atoms with van der Waals surface area (Å²) in [5, 5.41) is 8.56. The SMILES string of the molecule is CCC(=O)CC(=O)c1ccc(C#N)cc1. The van der Waals surface area contributed by atoms with Crippen LogP contribution in [-0.2, 0) is 4.79 Å². The van der Waals surface area contributed by atoms with Crippen molar-refractivity contribution >= 4 is 11.6 Å². The molecule has 0 fully saturated rings. The molecule has 0 bridgehead atoms. The summed E-state index contributed by atoms with van der Waals surface area (Å²) in [5.41, 5.74) is 0.990. The molecule has 0 N–H and O–H groups in total. The lowest BCUT2D eigenvalue weighted by Crippen LogP contribution is -2.06. The molecule has 15 heavy (non-hydrogen) atoms. The first-order valence-electron chi connectivity index (χ1n) is 4.72. The molecular formula is C12H11NO2. The zero-order valence-corrected chi connectivity index (χ0v) is 8.49. The van der Waals surface area contributed by atoms with Gasteiger partial charge in [0.05, 0.1) is 18.1 Å². The highest BCUT2D eigenvalue weighted by atomic mass is 16.1. The van der Waals surface area contributed by atoms with E-state index in [0.29, 0.717) is 17.5 Å². The number of ketones is 2. The van der Waals surface area contributed by atoms with Crippen molar-refractivity contribution in [1.29, 1.82) is 5.26 Å². The van der Waals surface area contributed by atoms with Crippen LogP contribution < -0.4 is 0 Å². The van der Waals surface area contributed by atoms with E-state index in [9.17, 15) is 9.59 Å². The van der Waals surface area contributed by atoms with Gasteiger partial charge in [-0.3, -0.25) is 9.59 Å². The van der Waals surface area contributed by atoms with Crippen LogP contribution in [0.3, 0.4) is 0 Å². The Labute approximate surface area is 88.3 Å². The zero-order chi connectivity index (χ0) is 11.3. The lowest BCUT2D eigenvalue weighted by Gasteiger charge is -1.98. The molecule has 0 radical (unpaired) electrons. The lowest BCUT2D eigenvalue weighted by molar-refractivity contribution is -0.117. The normalized spacial score (nSPS) is 9.33. The van der Waals surface area contributed by atoms with Crippen molar-refractivity contribution < 1.29 is 9.59 Å². The predicted molar refractivity (Wildman–Crippen MR) is 55.4 cm³/mol. The Bertz CT molecular complexity index is 412. The summed E-state index contributed by atoms with van der Waals surface area (Å²) in [6.07, 6.45) is 0.324. The number of carbonyl (C=O) groups is 2. The van der Waals surface area contributed by atoms with Gasteiger partial charge in [-0.05, 0) is 12.1 Å². The monoisotopic (exact) mass is 201 g/mol. The van der Waals surface area contributed by atoms with Crippen molar-refractivity contribution in [2.45, 2.75) is 19.8 Å². The average molecular weight is 201 g/mol. The number of Topliss-reactive ketones (excluding diaryl/α,β-unsaturated/α-hetero) is 2. The van der Waals surface area contributed by atoms with Crippen molar-refractivity contribution in [3.63, 3.8) is 0 Å². The van der Waals surface area contributed by atoms with E-state index in [0.717, 1.165) is 0 Å². The van der Waals surface area contributed by atoms with Gasteiger partial charge in [-0.2, -0.15) is 5.26 Å². The Hall–Kier alpha value is -1.95. The minimum absolute atomic E-state index is 0.0532. The van der Waals surface area contributed by atoms with Crippen LogP contribution in [0.2, 0.25) is 0 Å². The Kier molecular flexibility index (Phi) is 3.75. The van der Waals surface area contributed by atoms with Crippen LogP contribution >= 0.6 is 0 Å². The van der Waals surface area contributed by atoms with Crippen molar-refractivity contribution in [1.82, 2.24) is 0 Å². The van der Waals surface area contributed by atoms with Crippen LogP contribution in [0.25, 0.3) is 0 Å². The molecule has 0 unspecified atom stereocenters. The van der Waals surface area contributed by atoms with Gasteiger partial charge in [-0.25, -0.2) is 0 Å². The molecule has 3 nitrogen and oxygen atoms in total. The third-order valence-corrected chi connectivity index (χ3v) is 2.09. The fourth-order valence-corrected chi connectivity index (χ4v) is 1.14. The lowest BCUT2D eigenvalue weighted by atomic mass is 10.0. The second-order valence-electron chi connectivity index (χ2n) is 3.18. The minimum Gasteiger partial charge on any atom is -0.299 e. The molecule has 0 heterocycles. The van der Waals surface area contributed by atoms with Gasteiger partial charge in [0.25, 0.3) is 0 Å². The van der Waals surface area contributed by atoms with Crippen molar-refractivity contribution in [2.24, 2.45) is 0 Å². The molecule has 0 aliphatic heterocycles. The van der Waals surface area contributed by atoms with E-state index in [4.69, 9.17) is 5.26 Å². The number of nitrogens with zero attached hydrogens (tertiary/aromatic N) is 1. The first-order valence-corrected chi connectivity index (χ1v) is 4.72. The summed E-state index contributed by atoms with van der Waals surface area (Å²) < 4.78 is 0. The smallest absolute Gasteiger partial charge is 0.170 e. The molecule has 0 amide bonds. The summed E-state index contributed by atoms with van der Waals surface area (Å²) >= 11 is 0. The van der Waals surface area contributed by atoms with Gasteiger partial charge in [0.15, 0.2) is 5.78 Å². The quantitative estimate of drug-likeness (QED) is 0.553. The van der Waals surface area contributed by atoms with E-state index in [2.05, 4.69) is 0 Å². The van der Waals surface area contributed by atoms with E-state index in [1.807, 2.05) is 6.07 Å². The largest absolute Gasteiger partial charge is 0.299 e. The average Bonchev–Trinajstić information content (AvgIpc) is 2.29. The van der Waals surface area contributed by atoms with Crippen LogP contribution in [0.15, 0.2) is 24.3 Å². The molecule has 0 atom stereocenters. The van der Waals surface area contributed by atoms with Crippen LogP contribution in [-0.4, -0.2) is 11.6 Å². The number of benzene rings is 1. The topological polar surface area (TPSA) is 57.9 Å². The number of rotatable bonds is 4. The number of hydrogen-bond acceptors (Lipinski definition) is 3. The summed E-state index contributed by atoms with van der Waals surface area (Å²) in [4.78, 5) is 22.6. The van der Waals surface area contributed by atoms with E-state index in [1.165, 1.54) is 0 Å². The van der Waals surface area contributed by atoms with Gasteiger partial charge in [0.2, 0.25) is 0 Å². The van der Waals surface area contributed by atoms with Crippen LogP contribution in [0, 0.1) is 11.3 Å². The molecule has 0 aliphatic rings. The van der Waals surface area contributed by atoms with Gasteiger partial charge in [0.1, 0.15) is 5.78 Å². The van der Waals surface area contributed by atoms with E-state index in [1.54, 1.807) is 31.2 Å². The van der Waals surface area contributed by atoms with Crippen molar-refractivity contribution in [3.05, 3.63) is 35.4 Å². The Morgan fingerprint density at radius 2 is 1.87 bits per heavy atom. The molecule has 1 rings (SSSR count). The molecule has 1 aromatic rings. The Balaban J connectivity index is 2.75. The Morgan fingerprint density at radius 3 is 2.33 bits per heavy atom. The molecule has 0 aromatic heterocycles. The van der Waals surface area contributed by atoms with Crippen molar-refractivity contribution in [3.8, 4) is 6.07 Å². The summed E-state index contributed by atoms with van der Waals surface area (Å²) in [6.45, 7) is 1.73. The molecular weight excluding hydrogens is 190 g/mol. The minimum atomic E-state index is -0.189. The fourth-order valence-electron chi connectivity index (χ4n) is 1.14. The molecule has 0 saturated heterocycles. The maximum absolute atomic E-state index is 11.5. The maximum Gasteiger partial charge on any atom is 0.170 e. The number of carbonyl (C=O) groups excluding carboxylic acids is 2. The molecule has 1 aromatic carbocycles. The van der Waals surface area contributed by atoms with E-state index >= 15 is 0 Å². The first kappa shape index (κ1) is 11.1. The zero-order valence-electron chi connectivity index (χ0n) is 8.49. The van der Waals surface area contributed by atoms with Gasteiger partial charge >= 0.3 is 0 Å². The van der Waals surface area contributed by atoms with Crippen LogP contribution in [0.5, 0.6) is 0 Å². The summed E-state index contributed by atoms with van der Waals surface area (Å²) in [7, 11) is 0. The van der Waals surface area contributed by atoms with Crippen LogP contribution in [0.1, 0.15) is 35.7 Å². The second-order valence-corrected chi connectivity index (χ2v) is 3.18. The molecule has 0 saturated carbocycles. The van der Waals surface area contributed by atoms with Gasteiger partial charge in [-0.1, -0.05) is 19.1 Å². The highest BCUT2D eigenvalue weighted by Gasteiger charge is 2.09. The van der Waals surface area contributed by atoms with Crippen molar-refractivity contribution in [2.75, 3.05) is 0 Å². The van der Waals surface area contributed by atoms with E-state index < -0.39 is 0 Å². The van der Waals surface area contributed by atoms with E-state index in [-0.39, 0.29) is 18.0 Å². The van der Waals surface area contributed by atoms with Gasteiger partial charge in [-0.15, -0.1) is 0 Å². The van der Waals surface area contributed by atoms with Gasteiger partial charge in [0, 0.05) is 12.0 Å². The first-order chi connectivity index (χ1) is 7.17. The summed E-state index contributed by atoms with van der Waals surface area (Å²) in [6, 6.07) is 8.26. The standard InChI is InChI=1S/C12H11NO2/c1-2-11(14)7-12(15)10-5-3-9(8-13)4-6-10/h3-6H,2,7H2,1H3. The Morgan fingerprint density at radius 1 is 1.27 bits per heavy atom. The molecule has 3 heteroatoms. The summed E-state index contributed by atoms with van der Waals surface area (Å²) in [5.74, 6) is -0.254. The third kappa shape index (κ3) is 3.03.